The average molecular weight is 779 g/mol. The van der Waals surface area contributed by atoms with Gasteiger partial charge < -0.3 is 10.5 Å². The second-order valence-electron chi connectivity index (χ2n) is 14.7. The molecule has 2 N–H and O–H groups in total. The fourth-order valence-electron chi connectivity index (χ4n) is 8.40. The Kier molecular flexibility index (Phi) is 10.9. The van der Waals surface area contributed by atoms with Crippen molar-refractivity contribution in [3.63, 3.8) is 0 Å². The molecule has 1 aromatic heterocycles. The van der Waals surface area contributed by atoms with Gasteiger partial charge in [0.25, 0.3) is 0 Å². The molecule has 2 aliphatic rings. The van der Waals surface area contributed by atoms with Gasteiger partial charge in [-0.2, -0.15) is 0 Å². The van der Waals surface area contributed by atoms with Crippen LogP contribution in [0.1, 0.15) is 53.3 Å². The number of rotatable bonds is 12. The first-order chi connectivity index (χ1) is 29.3. The molecular formula is C55H46N4O. The first-order valence-corrected chi connectivity index (χ1v) is 20.0. The summed E-state index contributed by atoms with van der Waals surface area (Å²) in [6.07, 6.45) is 19.4. The van der Waals surface area contributed by atoms with E-state index in [-0.39, 0.29) is 0 Å². The highest BCUT2D eigenvalue weighted by atomic mass is 16.5. The van der Waals surface area contributed by atoms with Gasteiger partial charge in [-0.15, -0.1) is 0 Å². The Morgan fingerprint density at radius 1 is 0.650 bits per heavy atom. The lowest BCUT2D eigenvalue weighted by molar-refractivity contribution is 0.436. The number of nitrogens with zero attached hydrogens (tertiary/aromatic N) is 3. The highest BCUT2D eigenvalue weighted by Gasteiger charge is 2.51. The van der Waals surface area contributed by atoms with Crippen LogP contribution in [0.4, 0.5) is 0 Å². The molecule has 0 amide bonds. The Labute approximate surface area is 353 Å². The van der Waals surface area contributed by atoms with Crippen LogP contribution in [0.2, 0.25) is 0 Å². The number of allylic oxidation sites excluding steroid dienone is 13. The Balaban J connectivity index is 1.32. The van der Waals surface area contributed by atoms with Crippen LogP contribution in [0.3, 0.4) is 0 Å². The minimum Gasteiger partial charge on any atom is -0.457 e. The molecular weight excluding hydrogens is 733 g/mol. The predicted octanol–water partition coefficient (Wildman–Crippen LogP) is 13.1. The fourth-order valence-corrected chi connectivity index (χ4v) is 8.40. The van der Waals surface area contributed by atoms with Gasteiger partial charge in [-0.25, -0.2) is 15.0 Å². The average Bonchev–Trinajstić information content (AvgIpc) is 3.58. The lowest BCUT2D eigenvalue weighted by Gasteiger charge is -2.40. The molecule has 1 aliphatic carbocycles. The molecule has 5 aromatic carbocycles. The van der Waals surface area contributed by atoms with Crippen LogP contribution in [-0.4, -0.2) is 15.0 Å². The number of ether oxygens (including phenoxy) is 1. The summed E-state index contributed by atoms with van der Waals surface area (Å²) in [5.74, 6) is 2.99. The van der Waals surface area contributed by atoms with E-state index in [0.29, 0.717) is 28.6 Å². The summed E-state index contributed by atoms with van der Waals surface area (Å²) >= 11 is 0. The summed E-state index contributed by atoms with van der Waals surface area (Å²) in [6.45, 7) is 20.0. The van der Waals surface area contributed by atoms with E-state index >= 15 is 0 Å². The number of aromatic nitrogens is 3. The first-order valence-electron chi connectivity index (χ1n) is 20.0. The molecule has 0 fully saturated rings. The van der Waals surface area contributed by atoms with Gasteiger partial charge in [0.1, 0.15) is 11.5 Å². The largest absolute Gasteiger partial charge is 0.457 e. The van der Waals surface area contributed by atoms with E-state index in [1.807, 2.05) is 62.4 Å². The molecule has 60 heavy (non-hydrogen) atoms. The molecule has 5 heteroatoms. The van der Waals surface area contributed by atoms with Gasteiger partial charge in [-0.1, -0.05) is 160 Å². The molecule has 6 aromatic rings. The van der Waals surface area contributed by atoms with Gasteiger partial charge in [0.2, 0.25) is 0 Å². The predicted molar refractivity (Wildman–Crippen MR) is 249 cm³/mol. The monoisotopic (exact) mass is 778 g/mol. The molecule has 1 aliphatic heterocycles. The summed E-state index contributed by atoms with van der Waals surface area (Å²) < 4.78 is 6.87. The van der Waals surface area contributed by atoms with E-state index in [1.54, 1.807) is 18.2 Å². The number of fused-ring (bicyclic) bond motifs is 9. The fraction of sp³-hybridized carbons (Fsp3) is 0.0727. The van der Waals surface area contributed by atoms with E-state index in [0.717, 1.165) is 57.0 Å². The molecule has 0 saturated heterocycles. The van der Waals surface area contributed by atoms with Crippen LogP contribution >= 0.6 is 0 Å². The Morgan fingerprint density at radius 3 is 1.87 bits per heavy atom. The van der Waals surface area contributed by atoms with E-state index < -0.39 is 5.41 Å². The number of hydrogen-bond acceptors (Lipinski definition) is 5. The first kappa shape index (κ1) is 39.2. The quantitative estimate of drug-likeness (QED) is 0.125. The zero-order chi connectivity index (χ0) is 41.8. The van der Waals surface area contributed by atoms with Crippen LogP contribution < -0.4 is 10.5 Å². The van der Waals surface area contributed by atoms with Crippen molar-refractivity contribution in [1.82, 2.24) is 15.0 Å². The maximum atomic E-state index is 6.87. The van der Waals surface area contributed by atoms with Crippen LogP contribution in [-0.2, 0) is 11.8 Å². The number of nitrogens with two attached hydrogens (primary N) is 1. The van der Waals surface area contributed by atoms with Crippen molar-refractivity contribution < 1.29 is 4.74 Å². The van der Waals surface area contributed by atoms with Crippen molar-refractivity contribution in [3.8, 4) is 45.1 Å². The number of benzene rings is 5. The van der Waals surface area contributed by atoms with Crippen molar-refractivity contribution in [2.24, 2.45) is 5.73 Å². The van der Waals surface area contributed by atoms with Crippen molar-refractivity contribution in [2.45, 2.75) is 25.7 Å². The smallest absolute Gasteiger partial charge is 0.164 e. The summed E-state index contributed by atoms with van der Waals surface area (Å²) in [7, 11) is 0. The Hall–Kier alpha value is -7.63. The van der Waals surface area contributed by atoms with E-state index in [1.165, 1.54) is 27.8 Å². The molecule has 8 rings (SSSR count). The number of hydrogen-bond donors (Lipinski definition) is 1. The zero-order valence-electron chi connectivity index (χ0n) is 34.0. The van der Waals surface area contributed by atoms with Crippen LogP contribution in [0, 0.1) is 0 Å². The SMILES string of the molecule is C=C/C=C\C(=C)c1nc(/C(C=C)=C/C=C)nc(-c2ccc3c(c2)C2(c4cc(-c5ccc(CC(/C=C\C)=C(N)\C=C/C)cc5)ccc4O3)c3ccccc3-c3ccccc32)n1. The van der Waals surface area contributed by atoms with Crippen LogP contribution in [0.5, 0.6) is 11.5 Å². The molecule has 0 unspecified atom stereocenters. The van der Waals surface area contributed by atoms with Crippen LogP contribution in [0.25, 0.3) is 44.8 Å². The second-order valence-corrected chi connectivity index (χ2v) is 14.7. The lowest BCUT2D eigenvalue weighted by atomic mass is 9.65. The van der Waals surface area contributed by atoms with Crippen molar-refractivity contribution in [3.05, 3.63) is 247 Å². The van der Waals surface area contributed by atoms with Crippen molar-refractivity contribution in [2.75, 3.05) is 0 Å². The molecule has 5 nitrogen and oxygen atoms in total. The summed E-state index contributed by atoms with van der Waals surface area (Å²) in [5, 5.41) is 0. The summed E-state index contributed by atoms with van der Waals surface area (Å²) in [4.78, 5) is 14.8. The minimum atomic E-state index is -0.720. The van der Waals surface area contributed by atoms with Gasteiger partial charge in [-0.05, 0) is 101 Å². The molecule has 292 valence electrons. The molecule has 0 radical (unpaired) electrons. The molecule has 0 bridgehead atoms. The van der Waals surface area contributed by atoms with E-state index in [9.17, 15) is 0 Å². The third-order valence-electron chi connectivity index (χ3n) is 11.1. The summed E-state index contributed by atoms with van der Waals surface area (Å²) in [6, 6.07) is 39.0. The molecule has 1 spiro atoms. The maximum absolute atomic E-state index is 6.87. The highest BCUT2D eigenvalue weighted by Crippen LogP contribution is 2.62. The normalized spacial score (nSPS) is 14.0. The third-order valence-corrected chi connectivity index (χ3v) is 11.1. The molecule has 2 heterocycles. The maximum Gasteiger partial charge on any atom is 0.164 e. The topological polar surface area (TPSA) is 73.9 Å². The van der Waals surface area contributed by atoms with E-state index in [2.05, 4.69) is 129 Å². The van der Waals surface area contributed by atoms with Gasteiger partial charge in [0.15, 0.2) is 17.5 Å². The second kappa shape index (κ2) is 16.7. The van der Waals surface area contributed by atoms with Gasteiger partial charge >= 0.3 is 0 Å². The Morgan fingerprint density at radius 2 is 1.25 bits per heavy atom. The van der Waals surface area contributed by atoms with E-state index in [4.69, 9.17) is 25.4 Å². The zero-order valence-corrected chi connectivity index (χ0v) is 34.0. The van der Waals surface area contributed by atoms with Crippen LogP contribution in [0.15, 0.2) is 208 Å². The van der Waals surface area contributed by atoms with Crippen molar-refractivity contribution >= 4 is 11.1 Å². The van der Waals surface area contributed by atoms with Crippen molar-refractivity contribution in [1.29, 1.82) is 0 Å². The Bertz CT molecular complexity index is 2820. The molecule has 0 atom stereocenters. The lowest BCUT2D eigenvalue weighted by Crippen LogP contribution is -2.32. The molecule has 0 saturated carbocycles. The summed E-state index contributed by atoms with van der Waals surface area (Å²) in [5.41, 5.74) is 19.9. The minimum absolute atomic E-state index is 0.446. The van der Waals surface area contributed by atoms with Gasteiger partial charge in [0, 0.05) is 33.5 Å². The highest BCUT2D eigenvalue weighted by molar-refractivity contribution is 5.90. The standard InChI is InChI=1S/C55H46N4O/c1-7-12-20-36(6)52-57-53(38(11-5)17-8-2)59-54(58-52)42-30-32-51-48(35-42)55(45-23-15-13-21-43(45)44-22-14-16-24-46(44)55)47-34-40(29-31-50(47)60-51)39-27-25-37(26-28-39)33-41(18-9-3)49(56)19-10-4/h7-32,34-35H,1-2,5-6,33,56H2,3-4H3/b18-9-,19-10-,20-12-,38-17+,49-41+. The van der Waals surface area contributed by atoms with Gasteiger partial charge in [-0.3, -0.25) is 0 Å². The van der Waals surface area contributed by atoms with Gasteiger partial charge in [0.05, 0.1) is 5.41 Å². The third kappa shape index (κ3) is 6.90.